The molecule has 1 aromatic rings. The normalized spacial score (nSPS) is 25.3. The highest BCUT2D eigenvalue weighted by atomic mass is 16.5. The van der Waals surface area contributed by atoms with Gasteiger partial charge in [0, 0.05) is 37.4 Å². The Morgan fingerprint density at radius 3 is 3.00 bits per heavy atom. The largest absolute Gasteiger partial charge is 0.378 e. The Bertz CT molecular complexity index is 403. The van der Waals surface area contributed by atoms with Crippen molar-refractivity contribution in [3.05, 3.63) is 11.9 Å². The molecule has 1 aromatic heterocycles. The van der Waals surface area contributed by atoms with Crippen molar-refractivity contribution in [2.45, 2.75) is 52.4 Å². The first kappa shape index (κ1) is 14.4. The molecular formula is C13H25N5O. The highest BCUT2D eigenvalue weighted by molar-refractivity contribution is 5.04. The highest BCUT2D eigenvalue weighted by Gasteiger charge is 2.48. The average molecular weight is 267 g/mol. The van der Waals surface area contributed by atoms with E-state index in [1.54, 1.807) is 4.68 Å². The number of aromatic nitrogens is 3. The molecular weight excluding hydrogens is 242 g/mol. The third kappa shape index (κ3) is 3.13. The van der Waals surface area contributed by atoms with Crippen LogP contribution in [-0.4, -0.2) is 40.3 Å². The van der Waals surface area contributed by atoms with Gasteiger partial charge < -0.3 is 15.8 Å². The lowest BCUT2D eigenvalue weighted by Gasteiger charge is -2.51. The molecule has 0 aliphatic heterocycles. The van der Waals surface area contributed by atoms with Crippen molar-refractivity contribution in [2.75, 3.05) is 13.2 Å². The van der Waals surface area contributed by atoms with E-state index in [0.717, 1.165) is 25.3 Å². The summed E-state index contributed by atoms with van der Waals surface area (Å²) in [7, 11) is 0. The van der Waals surface area contributed by atoms with Gasteiger partial charge in [-0.1, -0.05) is 19.1 Å². The van der Waals surface area contributed by atoms with Crippen molar-refractivity contribution in [2.24, 2.45) is 11.1 Å². The van der Waals surface area contributed by atoms with Crippen LogP contribution >= 0.6 is 0 Å². The van der Waals surface area contributed by atoms with Gasteiger partial charge in [-0.2, -0.15) is 0 Å². The molecule has 3 N–H and O–H groups in total. The van der Waals surface area contributed by atoms with Gasteiger partial charge in [-0.15, -0.1) is 5.10 Å². The zero-order valence-corrected chi connectivity index (χ0v) is 12.1. The Morgan fingerprint density at radius 2 is 2.37 bits per heavy atom. The van der Waals surface area contributed by atoms with Gasteiger partial charge >= 0.3 is 0 Å². The van der Waals surface area contributed by atoms with E-state index in [9.17, 15) is 0 Å². The first-order valence-electron chi connectivity index (χ1n) is 7.02. The van der Waals surface area contributed by atoms with Crippen LogP contribution in [0.2, 0.25) is 0 Å². The summed E-state index contributed by atoms with van der Waals surface area (Å²) in [6.07, 6.45) is 3.38. The van der Waals surface area contributed by atoms with Crippen LogP contribution in [0.3, 0.4) is 0 Å². The molecule has 1 saturated carbocycles. The molecule has 6 nitrogen and oxygen atoms in total. The molecule has 1 aliphatic carbocycles. The van der Waals surface area contributed by atoms with Crippen LogP contribution < -0.4 is 11.1 Å². The first-order chi connectivity index (χ1) is 9.07. The first-order valence-corrected chi connectivity index (χ1v) is 7.02. The molecule has 1 heterocycles. The van der Waals surface area contributed by atoms with E-state index >= 15 is 0 Å². The number of hydrogen-bond donors (Lipinski definition) is 2. The van der Waals surface area contributed by atoms with E-state index in [1.165, 1.54) is 0 Å². The summed E-state index contributed by atoms with van der Waals surface area (Å²) < 4.78 is 7.51. The van der Waals surface area contributed by atoms with E-state index < -0.39 is 0 Å². The third-order valence-corrected chi connectivity index (χ3v) is 4.02. The van der Waals surface area contributed by atoms with E-state index in [-0.39, 0.29) is 5.41 Å². The maximum Gasteiger partial charge on any atom is 0.0964 e. The van der Waals surface area contributed by atoms with Crippen LogP contribution in [0, 0.1) is 5.41 Å². The molecule has 1 aliphatic rings. The Hall–Kier alpha value is -0.980. The second-order valence-corrected chi connectivity index (χ2v) is 5.70. The van der Waals surface area contributed by atoms with Gasteiger partial charge in [0.2, 0.25) is 0 Å². The summed E-state index contributed by atoms with van der Waals surface area (Å²) in [5, 5.41) is 11.7. The van der Waals surface area contributed by atoms with Gasteiger partial charge in [0.1, 0.15) is 0 Å². The number of nitrogens with two attached hydrogens (primary N) is 1. The van der Waals surface area contributed by atoms with Gasteiger partial charge in [0.25, 0.3) is 0 Å². The molecule has 108 valence electrons. The maximum atomic E-state index is 5.73. The minimum absolute atomic E-state index is 0.184. The predicted octanol–water partition coefficient (Wildman–Crippen LogP) is 0.530. The second kappa shape index (κ2) is 5.98. The quantitative estimate of drug-likeness (QED) is 0.753. The molecule has 2 rings (SSSR count). The Labute approximate surface area is 114 Å². The van der Waals surface area contributed by atoms with E-state index in [0.29, 0.717) is 25.2 Å². The van der Waals surface area contributed by atoms with Crippen molar-refractivity contribution in [1.82, 2.24) is 20.3 Å². The van der Waals surface area contributed by atoms with Crippen LogP contribution in [0.5, 0.6) is 0 Å². The lowest BCUT2D eigenvalue weighted by atomic mass is 9.64. The van der Waals surface area contributed by atoms with Crippen molar-refractivity contribution >= 4 is 0 Å². The Morgan fingerprint density at radius 1 is 1.58 bits per heavy atom. The highest BCUT2D eigenvalue weighted by Crippen LogP contribution is 2.42. The zero-order valence-electron chi connectivity index (χ0n) is 12.1. The van der Waals surface area contributed by atoms with Gasteiger partial charge in [-0.05, 0) is 13.3 Å². The molecule has 0 radical (unpaired) electrons. The summed E-state index contributed by atoms with van der Waals surface area (Å²) >= 11 is 0. The molecule has 0 saturated heterocycles. The summed E-state index contributed by atoms with van der Waals surface area (Å²) in [6.45, 7) is 9.38. The standard InChI is InChI=1S/C13H25N5O/c1-4-19-12-7-11(13(12,2)3)15-8-10-9-18(6-5-14)17-16-10/h9,11-12,15H,4-8,14H2,1-3H3. The number of rotatable bonds is 7. The molecule has 2 unspecified atom stereocenters. The van der Waals surface area contributed by atoms with E-state index in [2.05, 4.69) is 29.5 Å². The molecule has 2 atom stereocenters. The van der Waals surface area contributed by atoms with Gasteiger partial charge in [-0.25, -0.2) is 0 Å². The Kier molecular flexibility index (Phi) is 4.54. The lowest BCUT2D eigenvalue weighted by Crippen LogP contribution is -2.60. The summed E-state index contributed by atoms with van der Waals surface area (Å²) in [6, 6.07) is 0.476. The predicted molar refractivity (Wildman–Crippen MR) is 73.5 cm³/mol. The van der Waals surface area contributed by atoms with Crippen molar-refractivity contribution in [3.8, 4) is 0 Å². The summed E-state index contributed by atoms with van der Waals surface area (Å²) in [5.74, 6) is 0. The van der Waals surface area contributed by atoms with E-state index in [4.69, 9.17) is 10.5 Å². The van der Waals surface area contributed by atoms with Crippen LogP contribution in [0.4, 0.5) is 0 Å². The molecule has 6 heteroatoms. The second-order valence-electron chi connectivity index (χ2n) is 5.70. The lowest BCUT2D eigenvalue weighted by molar-refractivity contribution is -0.114. The number of nitrogens with one attached hydrogen (secondary N) is 1. The van der Waals surface area contributed by atoms with Crippen LogP contribution in [0.25, 0.3) is 0 Å². The van der Waals surface area contributed by atoms with Crippen LogP contribution in [0.1, 0.15) is 32.9 Å². The van der Waals surface area contributed by atoms with Crippen molar-refractivity contribution < 1.29 is 4.74 Å². The topological polar surface area (TPSA) is 78.0 Å². The smallest absolute Gasteiger partial charge is 0.0964 e. The molecule has 1 fully saturated rings. The minimum Gasteiger partial charge on any atom is -0.378 e. The van der Waals surface area contributed by atoms with E-state index in [1.807, 2.05) is 13.1 Å². The molecule has 19 heavy (non-hydrogen) atoms. The molecule has 0 aromatic carbocycles. The zero-order chi connectivity index (χ0) is 13.9. The summed E-state index contributed by atoms with van der Waals surface area (Å²) in [4.78, 5) is 0. The Balaban J connectivity index is 1.80. The monoisotopic (exact) mass is 267 g/mol. The fourth-order valence-electron chi connectivity index (χ4n) is 2.60. The average Bonchev–Trinajstić information content (AvgIpc) is 2.81. The fraction of sp³-hybridized carbons (Fsp3) is 0.846. The fourth-order valence-corrected chi connectivity index (χ4v) is 2.60. The molecule has 0 bridgehead atoms. The van der Waals surface area contributed by atoms with Gasteiger partial charge in [0.15, 0.2) is 0 Å². The minimum atomic E-state index is 0.184. The number of nitrogens with zero attached hydrogens (tertiary/aromatic N) is 3. The number of ether oxygens (including phenoxy) is 1. The van der Waals surface area contributed by atoms with Crippen molar-refractivity contribution in [3.63, 3.8) is 0 Å². The van der Waals surface area contributed by atoms with Crippen molar-refractivity contribution in [1.29, 1.82) is 0 Å². The number of hydrogen-bond acceptors (Lipinski definition) is 5. The van der Waals surface area contributed by atoms with Gasteiger partial charge in [-0.3, -0.25) is 4.68 Å². The SMILES string of the molecule is CCOC1CC(NCc2cn(CCN)nn2)C1(C)C. The van der Waals surface area contributed by atoms with Gasteiger partial charge in [0.05, 0.1) is 18.3 Å². The summed E-state index contributed by atoms with van der Waals surface area (Å²) in [5.41, 5.74) is 6.63. The maximum absolute atomic E-state index is 5.73. The molecule has 0 amide bonds. The van der Waals surface area contributed by atoms with Crippen LogP contribution in [0.15, 0.2) is 6.20 Å². The molecule has 0 spiro atoms. The van der Waals surface area contributed by atoms with Crippen LogP contribution in [-0.2, 0) is 17.8 Å². The third-order valence-electron chi connectivity index (χ3n) is 4.02.